The maximum atomic E-state index is 9.43. The molecule has 3 heteroatoms. The van der Waals surface area contributed by atoms with Crippen LogP contribution in [0, 0.1) is 24.8 Å². The fourth-order valence-electron chi connectivity index (χ4n) is 4.60. The highest BCUT2D eigenvalue weighted by Crippen LogP contribution is 2.22. The first-order valence-electron chi connectivity index (χ1n) is 11.5. The number of aryl methyl sites for hydroxylation is 1. The monoisotopic (exact) mass is 456 g/mol. The molecule has 0 spiro atoms. The molecule has 1 unspecified atom stereocenters. The molecule has 166 valence electrons. The van der Waals surface area contributed by atoms with Crippen molar-refractivity contribution in [1.82, 2.24) is 0 Å². The van der Waals surface area contributed by atoms with Crippen LogP contribution in [0.4, 0.5) is 5.69 Å². The van der Waals surface area contributed by atoms with Gasteiger partial charge in [0.25, 0.3) is 0 Å². The molecule has 2 nitrogen and oxygen atoms in total. The van der Waals surface area contributed by atoms with Crippen LogP contribution in [0.15, 0.2) is 97.1 Å². The van der Waals surface area contributed by atoms with Crippen molar-refractivity contribution in [1.29, 1.82) is 5.26 Å². The Morgan fingerprint density at radius 3 is 1.76 bits per heavy atom. The van der Waals surface area contributed by atoms with Gasteiger partial charge in [-0.1, -0.05) is 111 Å². The van der Waals surface area contributed by atoms with E-state index >= 15 is 0 Å². The molecular weight excluding hydrogens is 428 g/mol. The molecule has 0 radical (unpaired) electrons. The Labute approximate surface area is 204 Å². The summed E-state index contributed by atoms with van der Waals surface area (Å²) >= 11 is 0. The van der Waals surface area contributed by atoms with Gasteiger partial charge in [-0.3, -0.25) is 0 Å². The van der Waals surface area contributed by atoms with Crippen LogP contribution in [0.25, 0.3) is 4.85 Å². The van der Waals surface area contributed by atoms with Crippen LogP contribution in [0.3, 0.4) is 0 Å². The van der Waals surface area contributed by atoms with Crippen LogP contribution in [0.2, 0.25) is 0 Å². The maximum Gasteiger partial charge on any atom is 0.187 e. The zero-order valence-electron chi connectivity index (χ0n) is 20.1. The molecule has 4 rings (SSSR count). The van der Waals surface area contributed by atoms with Gasteiger partial charge in [0.2, 0.25) is 0 Å². The van der Waals surface area contributed by atoms with Gasteiger partial charge in [-0.15, -0.1) is 0 Å². The fraction of sp³-hybridized carbons (Fsp3) is 0.161. The van der Waals surface area contributed by atoms with E-state index in [2.05, 4.69) is 111 Å². The minimum Gasteiger partial charge on any atom is -0.238 e. The normalized spacial score (nSPS) is 12.9. The Kier molecular flexibility index (Phi) is 6.25. The van der Waals surface area contributed by atoms with Crippen molar-refractivity contribution >= 4 is 34.5 Å². The summed E-state index contributed by atoms with van der Waals surface area (Å²) in [7, 11) is -2.72. The molecule has 4 aromatic rings. The lowest BCUT2D eigenvalue weighted by Crippen LogP contribution is -2.74. The summed E-state index contributed by atoms with van der Waals surface area (Å²) in [5, 5.41) is 14.4. The Bertz CT molecular complexity index is 1320. The van der Waals surface area contributed by atoms with E-state index in [1.165, 1.54) is 31.9 Å². The average molecular weight is 457 g/mol. The molecule has 0 saturated carbocycles. The van der Waals surface area contributed by atoms with Gasteiger partial charge in [0, 0.05) is 0 Å². The van der Waals surface area contributed by atoms with Gasteiger partial charge in [0.05, 0.1) is 18.2 Å². The van der Waals surface area contributed by atoms with E-state index in [1.54, 1.807) is 0 Å². The molecule has 0 aliphatic rings. The highest BCUT2D eigenvalue weighted by atomic mass is 28.3. The summed E-state index contributed by atoms with van der Waals surface area (Å²) < 4.78 is 0. The second-order valence-corrected chi connectivity index (χ2v) is 13.6. The third kappa shape index (κ3) is 4.19. The lowest BCUT2D eigenvalue weighted by molar-refractivity contribution is 0.591. The summed E-state index contributed by atoms with van der Waals surface area (Å²) in [6, 6.07) is 36.3. The predicted molar refractivity (Wildman–Crippen MR) is 144 cm³/mol. The largest absolute Gasteiger partial charge is 0.238 e. The van der Waals surface area contributed by atoms with Gasteiger partial charge >= 0.3 is 0 Å². The van der Waals surface area contributed by atoms with E-state index in [1.807, 2.05) is 24.3 Å². The summed E-state index contributed by atoms with van der Waals surface area (Å²) in [6.07, 6.45) is 0. The van der Waals surface area contributed by atoms with Crippen molar-refractivity contribution in [3.05, 3.63) is 125 Å². The van der Waals surface area contributed by atoms with E-state index < -0.39 is 8.07 Å². The molecule has 0 N–H and O–H groups in total. The van der Waals surface area contributed by atoms with Gasteiger partial charge in [-0.2, -0.15) is 5.26 Å². The number of benzene rings is 4. The highest BCUT2D eigenvalue weighted by molar-refractivity contribution is 7.19. The lowest BCUT2D eigenvalue weighted by Gasteiger charge is -2.35. The minimum absolute atomic E-state index is 0.0159. The highest BCUT2D eigenvalue weighted by Gasteiger charge is 2.41. The molecule has 0 aliphatic heterocycles. The molecule has 0 heterocycles. The van der Waals surface area contributed by atoms with Crippen LogP contribution in [0.5, 0.6) is 0 Å². The van der Waals surface area contributed by atoms with Crippen LogP contribution in [-0.2, 0) is 5.41 Å². The molecule has 0 aromatic heterocycles. The van der Waals surface area contributed by atoms with Gasteiger partial charge in [-0.05, 0) is 50.8 Å². The molecule has 4 aromatic carbocycles. The maximum absolute atomic E-state index is 9.43. The van der Waals surface area contributed by atoms with Crippen molar-refractivity contribution < 1.29 is 0 Å². The van der Waals surface area contributed by atoms with E-state index in [0.29, 0.717) is 11.3 Å². The molecule has 0 amide bonds. The SMILES string of the molecule is [C-]#[N+]c1ccc([Si](c2ccc(C)cc2)(c2ccc(C#N)cc2)c2cccc(C(C)(C)C)c2)cc1. The zero-order chi connectivity index (χ0) is 24.3. The number of nitriles is 1. The first-order chi connectivity index (χ1) is 16.3. The first-order valence-corrected chi connectivity index (χ1v) is 13.5. The van der Waals surface area contributed by atoms with Crippen molar-refractivity contribution in [2.75, 3.05) is 0 Å². The zero-order valence-corrected chi connectivity index (χ0v) is 21.1. The number of nitrogens with zero attached hydrogens (tertiary/aromatic N) is 2. The molecule has 34 heavy (non-hydrogen) atoms. The van der Waals surface area contributed by atoms with E-state index in [9.17, 15) is 5.26 Å². The second kappa shape index (κ2) is 9.14. The van der Waals surface area contributed by atoms with Crippen molar-refractivity contribution in [3.8, 4) is 6.07 Å². The van der Waals surface area contributed by atoms with Gasteiger partial charge < -0.3 is 0 Å². The Hall–Kier alpha value is -3.92. The quantitative estimate of drug-likeness (QED) is 0.239. The predicted octanol–water partition coefficient (Wildman–Crippen LogP) is 5.09. The van der Waals surface area contributed by atoms with E-state index in [-0.39, 0.29) is 5.41 Å². The molecule has 0 bridgehead atoms. The fourth-order valence-corrected chi connectivity index (χ4v) is 9.32. The average Bonchev–Trinajstić information content (AvgIpc) is 2.86. The summed E-state index contributed by atoms with van der Waals surface area (Å²) in [6.45, 7) is 16.3. The van der Waals surface area contributed by atoms with Crippen LogP contribution >= 0.6 is 0 Å². The van der Waals surface area contributed by atoms with E-state index in [4.69, 9.17) is 6.57 Å². The van der Waals surface area contributed by atoms with E-state index in [0.717, 1.165) is 0 Å². The Balaban J connectivity index is 2.14. The molecule has 0 saturated heterocycles. The second-order valence-electron chi connectivity index (χ2n) is 9.79. The van der Waals surface area contributed by atoms with Gasteiger partial charge in [0.15, 0.2) is 13.8 Å². The standard InChI is InChI=1S/C31H28N2Si/c1-23-9-15-27(16-10-23)34(28-17-11-24(22-32)12-18-28,29-19-13-26(33-5)14-20-29)30-8-6-7-25(21-30)31(2,3)4/h6-21H,1-4H3. The molecule has 0 aliphatic carbocycles. The molecule has 1 atom stereocenters. The van der Waals surface area contributed by atoms with Crippen LogP contribution in [-0.4, -0.2) is 8.07 Å². The minimum atomic E-state index is -2.72. The van der Waals surface area contributed by atoms with Crippen molar-refractivity contribution in [3.63, 3.8) is 0 Å². The summed E-state index contributed by atoms with van der Waals surface area (Å²) in [5.41, 5.74) is 3.82. The van der Waals surface area contributed by atoms with Crippen molar-refractivity contribution in [2.24, 2.45) is 0 Å². The topological polar surface area (TPSA) is 28.1 Å². The number of rotatable bonds is 4. The first kappa shape index (κ1) is 23.2. The number of hydrogen-bond donors (Lipinski definition) is 0. The smallest absolute Gasteiger partial charge is 0.187 e. The Morgan fingerprint density at radius 1 is 0.735 bits per heavy atom. The third-order valence-corrected chi connectivity index (χ3v) is 11.3. The van der Waals surface area contributed by atoms with Gasteiger partial charge in [-0.25, -0.2) is 4.85 Å². The Morgan fingerprint density at radius 2 is 1.26 bits per heavy atom. The van der Waals surface area contributed by atoms with Crippen LogP contribution in [0.1, 0.15) is 37.5 Å². The molecular formula is C31H28N2Si. The van der Waals surface area contributed by atoms with Gasteiger partial charge in [0.1, 0.15) is 0 Å². The summed E-state index contributed by atoms with van der Waals surface area (Å²) in [4.78, 5) is 3.62. The number of hydrogen-bond acceptors (Lipinski definition) is 1. The van der Waals surface area contributed by atoms with Crippen molar-refractivity contribution in [2.45, 2.75) is 33.1 Å². The lowest BCUT2D eigenvalue weighted by atomic mass is 9.87. The van der Waals surface area contributed by atoms with Crippen LogP contribution < -0.4 is 20.7 Å². The third-order valence-electron chi connectivity index (χ3n) is 6.52. The molecule has 0 fully saturated rings. The summed E-state index contributed by atoms with van der Waals surface area (Å²) in [5.74, 6) is 0.